The van der Waals surface area contributed by atoms with Crippen molar-refractivity contribution < 1.29 is 4.79 Å². The zero-order valence-corrected chi connectivity index (χ0v) is 14.5. The Bertz CT molecular complexity index is 852. The van der Waals surface area contributed by atoms with Gasteiger partial charge in [-0.25, -0.2) is 4.98 Å². The summed E-state index contributed by atoms with van der Waals surface area (Å²) < 4.78 is 0. The molecule has 0 spiro atoms. The standard InChI is InChI=1S/C19H19N3OS/c1-22(2)13-9-7-12(8-10-13)17-16(23)11-24-18(17)19-20-14-5-3-4-6-15(14)21-19/h3-10,17-18H,11H2,1-2H3,(H,20,21). The van der Waals surface area contributed by atoms with Crippen LogP contribution in [0.3, 0.4) is 0 Å². The molecule has 1 aliphatic rings. The molecule has 0 amide bonds. The number of Topliss-reactive ketones (excluding diaryl/α,β-unsaturated/α-hetero) is 1. The number of anilines is 1. The quantitative estimate of drug-likeness (QED) is 0.790. The van der Waals surface area contributed by atoms with E-state index >= 15 is 0 Å². The summed E-state index contributed by atoms with van der Waals surface area (Å²) in [6, 6.07) is 16.3. The number of aromatic amines is 1. The van der Waals surface area contributed by atoms with Crippen molar-refractivity contribution in [1.29, 1.82) is 0 Å². The molecule has 0 aliphatic carbocycles. The maximum atomic E-state index is 12.5. The first-order valence-electron chi connectivity index (χ1n) is 8.00. The molecule has 2 unspecified atom stereocenters. The maximum Gasteiger partial charge on any atom is 0.151 e. The molecule has 1 fully saturated rings. The van der Waals surface area contributed by atoms with Crippen LogP contribution in [0.15, 0.2) is 48.5 Å². The van der Waals surface area contributed by atoms with Gasteiger partial charge >= 0.3 is 0 Å². The van der Waals surface area contributed by atoms with Crippen molar-refractivity contribution in [2.24, 2.45) is 0 Å². The molecule has 0 bridgehead atoms. The number of fused-ring (bicyclic) bond motifs is 1. The van der Waals surface area contributed by atoms with Crippen LogP contribution in [0.2, 0.25) is 0 Å². The fourth-order valence-corrected chi connectivity index (χ4v) is 4.51. The Morgan fingerprint density at radius 1 is 1.12 bits per heavy atom. The molecule has 4 rings (SSSR count). The van der Waals surface area contributed by atoms with E-state index in [0.717, 1.165) is 28.1 Å². The number of aromatic nitrogens is 2. The number of imidazole rings is 1. The molecule has 122 valence electrons. The topological polar surface area (TPSA) is 49.0 Å². The summed E-state index contributed by atoms with van der Waals surface area (Å²) in [5.41, 5.74) is 4.18. The molecular weight excluding hydrogens is 318 g/mol. The van der Waals surface area contributed by atoms with Crippen molar-refractivity contribution in [3.8, 4) is 0 Å². The minimum atomic E-state index is -0.133. The zero-order chi connectivity index (χ0) is 16.7. The van der Waals surface area contributed by atoms with E-state index in [4.69, 9.17) is 4.98 Å². The Labute approximate surface area is 145 Å². The van der Waals surface area contributed by atoms with Gasteiger partial charge in [-0.1, -0.05) is 24.3 Å². The molecule has 1 aromatic heterocycles. The molecule has 3 aromatic rings. The second-order valence-corrected chi connectivity index (χ2v) is 7.43. The Morgan fingerprint density at radius 3 is 2.58 bits per heavy atom. The normalized spacial score (nSPS) is 20.7. The first-order chi connectivity index (χ1) is 11.6. The summed E-state index contributed by atoms with van der Waals surface area (Å²) in [5.74, 6) is 1.59. The molecule has 0 radical (unpaired) electrons. The van der Waals surface area contributed by atoms with Gasteiger partial charge < -0.3 is 9.88 Å². The molecule has 5 heteroatoms. The predicted octanol–water partition coefficient (Wildman–Crippen LogP) is 3.77. The van der Waals surface area contributed by atoms with Gasteiger partial charge in [0.05, 0.1) is 28.0 Å². The average Bonchev–Trinajstić information content (AvgIpc) is 3.18. The lowest BCUT2D eigenvalue weighted by atomic mass is 9.91. The fraction of sp³-hybridized carbons (Fsp3) is 0.263. The van der Waals surface area contributed by atoms with Crippen LogP contribution in [0.5, 0.6) is 0 Å². The smallest absolute Gasteiger partial charge is 0.151 e. The number of thioether (sulfide) groups is 1. The van der Waals surface area contributed by atoms with Gasteiger partial charge in [-0.05, 0) is 29.8 Å². The zero-order valence-electron chi connectivity index (χ0n) is 13.7. The highest BCUT2D eigenvalue weighted by Gasteiger charge is 2.39. The van der Waals surface area contributed by atoms with Gasteiger partial charge in [0.1, 0.15) is 5.82 Å². The van der Waals surface area contributed by atoms with Crippen LogP contribution >= 0.6 is 11.8 Å². The summed E-state index contributed by atoms with van der Waals surface area (Å²) in [7, 11) is 4.03. The lowest BCUT2D eigenvalue weighted by Crippen LogP contribution is -2.14. The summed E-state index contributed by atoms with van der Waals surface area (Å²) in [4.78, 5) is 22.7. The SMILES string of the molecule is CN(C)c1ccc(C2C(=O)CSC2c2nc3ccccc3[nH]2)cc1. The third-order valence-electron chi connectivity index (χ3n) is 4.50. The highest BCUT2D eigenvalue weighted by atomic mass is 32.2. The number of hydrogen-bond donors (Lipinski definition) is 1. The second kappa shape index (κ2) is 5.98. The Kier molecular flexibility index (Phi) is 3.81. The molecule has 24 heavy (non-hydrogen) atoms. The van der Waals surface area contributed by atoms with Crippen LogP contribution < -0.4 is 4.90 Å². The number of benzene rings is 2. The lowest BCUT2D eigenvalue weighted by Gasteiger charge is -2.18. The van der Waals surface area contributed by atoms with Crippen molar-refractivity contribution >= 4 is 34.3 Å². The monoisotopic (exact) mass is 337 g/mol. The minimum absolute atomic E-state index is 0.0510. The van der Waals surface area contributed by atoms with Crippen LogP contribution in [-0.4, -0.2) is 35.6 Å². The molecular formula is C19H19N3OS. The fourth-order valence-electron chi connectivity index (χ4n) is 3.21. The van der Waals surface area contributed by atoms with E-state index in [0.29, 0.717) is 5.75 Å². The first kappa shape index (κ1) is 15.3. The average molecular weight is 337 g/mol. The summed E-state index contributed by atoms with van der Waals surface area (Å²) in [5, 5.41) is 0.0510. The predicted molar refractivity (Wildman–Crippen MR) is 99.8 cm³/mol. The maximum absolute atomic E-state index is 12.5. The molecule has 1 aliphatic heterocycles. The molecule has 2 heterocycles. The largest absolute Gasteiger partial charge is 0.378 e. The van der Waals surface area contributed by atoms with Gasteiger partial charge in [-0.2, -0.15) is 0 Å². The Morgan fingerprint density at radius 2 is 1.88 bits per heavy atom. The summed E-state index contributed by atoms with van der Waals surface area (Å²) >= 11 is 1.68. The first-order valence-corrected chi connectivity index (χ1v) is 9.04. The third-order valence-corrected chi connectivity index (χ3v) is 5.81. The van der Waals surface area contributed by atoms with Crippen LogP contribution in [0.1, 0.15) is 22.6 Å². The Balaban J connectivity index is 1.71. The second-order valence-electron chi connectivity index (χ2n) is 6.30. The number of ketones is 1. The van der Waals surface area contributed by atoms with E-state index in [9.17, 15) is 4.79 Å². The van der Waals surface area contributed by atoms with Crippen LogP contribution in [0, 0.1) is 0 Å². The highest BCUT2D eigenvalue weighted by Crippen LogP contribution is 2.47. The molecule has 1 N–H and O–H groups in total. The minimum Gasteiger partial charge on any atom is -0.378 e. The Hall–Kier alpha value is -2.27. The van der Waals surface area contributed by atoms with E-state index in [1.165, 1.54) is 0 Å². The van der Waals surface area contributed by atoms with Gasteiger partial charge in [0, 0.05) is 19.8 Å². The van der Waals surface area contributed by atoms with Gasteiger partial charge in [0.15, 0.2) is 5.78 Å². The number of rotatable bonds is 3. The third kappa shape index (κ3) is 2.59. The number of hydrogen-bond acceptors (Lipinski definition) is 4. The highest BCUT2D eigenvalue weighted by molar-refractivity contribution is 8.00. The van der Waals surface area contributed by atoms with Crippen molar-refractivity contribution in [2.75, 3.05) is 24.7 Å². The van der Waals surface area contributed by atoms with Crippen LogP contribution in [0.4, 0.5) is 5.69 Å². The van der Waals surface area contributed by atoms with Crippen LogP contribution in [-0.2, 0) is 4.79 Å². The summed E-state index contributed by atoms with van der Waals surface area (Å²) in [6.45, 7) is 0. The van der Waals surface area contributed by atoms with E-state index in [1.807, 2.05) is 38.4 Å². The van der Waals surface area contributed by atoms with Gasteiger partial charge in [0.25, 0.3) is 0 Å². The number of H-pyrrole nitrogens is 1. The van der Waals surface area contributed by atoms with E-state index in [1.54, 1.807) is 11.8 Å². The number of nitrogens with one attached hydrogen (secondary N) is 1. The molecule has 2 atom stereocenters. The van der Waals surface area contributed by atoms with Crippen LogP contribution in [0.25, 0.3) is 11.0 Å². The van der Waals surface area contributed by atoms with E-state index in [2.05, 4.69) is 34.1 Å². The van der Waals surface area contributed by atoms with Crippen molar-refractivity contribution in [3.63, 3.8) is 0 Å². The van der Waals surface area contributed by atoms with Gasteiger partial charge in [0.2, 0.25) is 0 Å². The van der Waals surface area contributed by atoms with Gasteiger partial charge in [-0.15, -0.1) is 11.8 Å². The molecule has 2 aromatic carbocycles. The number of nitrogens with zero attached hydrogens (tertiary/aromatic N) is 2. The van der Waals surface area contributed by atoms with Crippen molar-refractivity contribution in [3.05, 3.63) is 59.9 Å². The van der Waals surface area contributed by atoms with E-state index < -0.39 is 0 Å². The van der Waals surface area contributed by atoms with Crippen molar-refractivity contribution in [2.45, 2.75) is 11.2 Å². The number of carbonyl (C=O) groups excluding carboxylic acids is 1. The molecule has 4 nitrogen and oxygen atoms in total. The lowest BCUT2D eigenvalue weighted by molar-refractivity contribution is -0.117. The van der Waals surface area contributed by atoms with Gasteiger partial charge in [-0.3, -0.25) is 4.79 Å². The molecule has 1 saturated heterocycles. The molecule has 0 saturated carbocycles. The van der Waals surface area contributed by atoms with E-state index in [-0.39, 0.29) is 17.0 Å². The number of para-hydroxylation sites is 2. The van der Waals surface area contributed by atoms with Crippen molar-refractivity contribution in [1.82, 2.24) is 9.97 Å². The summed E-state index contributed by atoms with van der Waals surface area (Å²) in [6.07, 6.45) is 0. The number of carbonyl (C=O) groups is 1.